The van der Waals surface area contributed by atoms with Gasteiger partial charge >= 0.3 is 5.97 Å². The van der Waals surface area contributed by atoms with Crippen molar-refractivity contribution in [3.63, 3.8) is 0 Å². The number of hydrogen-bond acceptors (Lipinski definition) is 2. The van der Waals surface area contributed by atoms with Crippen molar-refractivity contribution in [3.05, 3.63) is 35.6 Å². The molecule has 0 saturated heterocycles. The summed E-state index contributed by atoms with van der Waals surface area (Å²) in [7, 11) is 0. The lowest BCUT2D eigenvalue weighted by Crippen LogP contribution is -2.19. The Morgan fingerprint density at radius 3 is 2.63 bits per heavy atom. The van der Waals surface area contributed by atoms with Crippen molar-refractivity contribution >= 4 is 5.97 Å². The monoisotopic (exact) mass is 262 g/mol. The lowest BCUT2D eigenvalue weighted by Gasteiger charge is -2.14. The fourth-order valence-corrected chi connectivity index (χ4v) is 1.60. The van der Waals surface area contributed by atoms with Crippen LogP contribution in [-0.4, -0.2) is 12.1 Å². The molecular formula is C16H19FO2. The Morgan fingerprint density at radius 1 is 1.37 bits per heavy atom. The molecule has 1 rings (SSSR count). The van der Waals surface area contributed by atoms with Crippen LogP contribution in [0.15, 0.2) is 24.3 Å². The number of esters is 1. The van der Waals surface area contributed by atoms with Crippen LogP contribution in [0.4, 0.5) is 4.39 Å². The highest BCUT2D eigenvalue weighted by molar-refractivity contribution is 5.89. The Balaban J connectivity index is 2.79. The van der Waals surface area contributed by atoms with E-state index >= 15 is 0 Å². The maximum Gasteiger partial charge on any atom is 0.342 e. The first kappa shape index (κ1) is 15.2. The molecule has 0 radical (unpaired) electrons. The lowest BCUT2D eigenvalue weighted by atomic mass is 10.1. The molecule has 1 atom stereocenters. The summed E-state index contributed by atoms with van der Waals surface area (Å²) in [6.07, 6.45) is 0.867. The van der Waals surface area contributed by atoms with E-state index in [0.717, 1.165) is 0 Å². The molecule has 0 N–H and O–H groups in total. The van der Waals surface area contributed by atoms with E-state index in [0.29, 0.717) is 18.8 Å². The van der Waals surface area contributed by atoms with Crippen LogP contribution in [0.5, 0.6) is 0 Å². The fourth-order valence-electron chi connectivity index (χ4n) is 1.60. The minimum Gasteiger partial charge on any atom is -0.445 e. The summed E-state index contributed by atoms with van der Waals surface area (Å²) < 4.78 is 18.7. The van der Waals surface area contributed by atoms with E-state index < -0.39 is 17.9 Å². The van der Waals surface area contributed by atoms with Gasteiger partial charge in [0.25, 0.3) is 0 Å². The zero-order valence-electron chi connectivity index (χ0n) is 11.6. The number of ether oxygens (including phenoxy) is 1. The number of hydrogen-bond donors (Lipinski definition) is 0. The first-order chi connectivity index (χ1) is 9.04. The number of carbonyl (C=O) groups is 1. The third-order valence-corrected chi connectivity index (χ3v) is 2.47. The maximum absolute atomic E-state index is 13.5. The Bertz CT molecular complexity index is 483. The minimum absolute atomic E-state index is 0.0467. The van der Waals surface area contributed by atoms with Gasteiger partial charge in [0.15, 0.2) is 6.10 Å². The molecule has 102 valence electrons. The molecule has 0 saturated carbocycles. The molecule has 0 fully saturated rings. The molecule has 0 amide bonds. The predicted octanol–water partition coefficient (Wildman–Crippen LogP) is 3.81. The van der Waals surface area contributed by atoms with E-state index in [1.165, 1.54) is 18.2 Å². The number of halogens is 1. The van der Waals surface area contributed by atoms with Crippen LogP contribution in [0.3, 0.4) is 0 Å². The molecule has 2 nitrogen and oxygen atoms in total. The topological polar surface area (TPSA) is 26.3 Å². The summed E-state index contributed by atoms with van der Waals surface area (Å²) in [6.45, 7) is 5.98. The summed E-state index contributed by atoms with van der Waals surface area (Å²) in [6, 6.07) is 5.80. The predicted molar refractivity (Wildman–Crippen MR) is 73.1 cm³/mol. The minimum atomic E-state index is -0.658. The Hall–Kier alpha value is -1.82. The van der Waals surface area contributed by atoms with Gasteiger partial charge in [-0.05, 0) is 24.5 Å². The zero-order valence-corrected chi connectivity index (χ0v) is 11.6. The van der Waals surface area contributed by atoms with Crippen molar-refractivity contribution in [2.24, 2.45) is 5.92 Å². The van der Waals surface area contributed by atoms with Crippen LogP contribution >= 0.6 is 0 Å². The number of rotatable bonds is 4. The van der Waals surface area contributed by atoms with Crippen LogP contribution in [0.25, 0.3) is 0 Å². The van der Waals surface area contributed by atoms with Gasteiger partial charge in [0.1, 0.15) is 5.82 Å². The largest absolute Gasteiger partial charge is 0.445 e. The van der Waals surface area contributed by atoms with Gasteiger partial charge in [-0.2, -0.15) is 0 Å². The first-order valence-corrected chi connectivity index (χ1v) is 6.48. The van der Waals surface area contributed by atoms with Crippen LogP contribution in [0.2, 0.25) is 0 Å². The van der Waals surface area contributed by atoms with Crippen molar-refractivity contribution in [3.8, 4) is 11.8 Å². The second-order valence-corrected chi connectivity index (χ2v) is 4.68. The van der Waals surface area contributed by atoms with E-state index in [1.54, 1.807) is 6.07 Å². The molecule has 19 heavy (non-hydrogen) atoms. The van der Waals surface area contributed by atoms with Gasteiger partial charge in [-0.3, -0.25) is 0 Å². The summed E-state index contributed by atoms with van der Waals surface area (Å²) in [5.74, 6) is 4.93. The molecule has 0 aliphatic heterocycles. The third-order valence-electron chi connectivity index (χ3n) is 2.47. The van der Waals surface area contributed by atoms with E-state index in [-0.39, 0.29) is 5.56 Å². The van der Waals surface area contributed by atoms with Crippen molar-refractivity contribution in [2.45, 2.75) is 39.7 Å². The van der Waals surface area contributed by atoms with Crippen LogP contribution in [-0.2, 0) is 4.74 Å². The Morgan fingerprint density at radius 2 is 2.05 bits per heavy atom. The van der Waals surface area contributed by atoms with Crippen LogP contribution in [0.1, 0.15) is 44.0 Å². The van der Waals surface area contributed by atoms with Gasteiger partial charge in [-0.25, -0.2) is 9.18 Å². The normalized spacial score (nSPS) is 11.6. The highest BCUT2D eigenvalue weighted by Crippen LogP contribution is 2.13. The van der Waals surface area contributed by atoms with Crippen molar-refractivity contribution in [2.75, 3.05) is 0 Å². The van der Waals surface area contributed by atoms with Gasteiger partial charge < -0.3 is 4.74 Å². The molecule has 1 unspecified atom stereocenters. The molecule has 1 aromatic carbocycles. The zero-order chi connectivity index (χ0) is 14.3. The summed E-state index contributed by atoms with van der Waals surface area (Å²) in [4.78, 5) is 11.9. The Kier molecular flexibility index (Phi) is 6.08. The van der Waals surface area contributed by atoms with Gasteiger partial charge in [0.05, 0.1) is 5.56 Å². The van der Waals surface area contributed by atoms with Gasteiger partial charge in [-0.1, -0.05) is 44.7 Å². The van der Waals surface area contributed by atoms with Gasteiger partial charge in [-0.15, -0.1) is 0 Å². The molecule has 0 bridgehead atoms. The van der Waals surface area contributed by atoms with Crippen LogP contribution in [0, 0.1) is 23.6 Å². The molecule has 1 aromatic rings. The highest BCUT2D eigenvalue weighted by Gasteiger charge is 2.17. The average Bonchev–Trinajstić information content (AvgIpc) is 2.35. The second kappa shape index (κ2) is 7.58. The average molecular weight is 262 g/mol. The summed E-state index contributed by atoms with van der Waals surface area (Å²) in [5.41, 5.74) is -0.0467. The Labute approximate surface area is 114 Å². The third kappa shape index (κ3) is 5.13. The van der Waals surface area contributed by atoms with E-state index in [2.05, 4.69) is 11.8 Å². The SMILES string of the molecule is CCC#CC(CC(C)C)OC(=O)c1ccccc1F. The van der Waals surface area contributed by atoms with E-state index in [4.69, 9.17) is 4.74 Å². The molecule has 0 aromatic heterocycles. The summed E-state index contributed by atoms with van der Waals surface area (Å²) >= 11 is 0. The standard InChI is InChI=1S/C16H19FO2/c1-4-5-8-13(11-12(2)3)19-16(18)14-9-6-7-10-15(14)17/h6-7,9-10,12-13H,4,11H2,1-3H3. The lowest BCUT2D eigenvalue weighted by molar-refractivity contribution is 0.0372. The van der Waals surface area contributed by atoms with Crippen molar-refractivity contribution in [1.29, 1.82) is 0 Å². The van der Waals surface area contributed by atoms with Crippen molar-refractivity contribution in [1.82, 2.24) is 0 Å². The van der Waals surface area contributed by atoms with Gasteiger partial charge in [0, 0.05) is 6.42 Å². The highest BCUT2D eigenvalue weighted by atomic mass is 19.1. The first-order valence-electron chi connectivity index (χ1n) is 6.48. The van der Waals surface area contributed by atoms with Crippen LogP contribution < -0.4 is 0 Å². The molecule has 3 heteroatoms. The summed E-state index contributed by atoms with van der Waals surface area (Å²) in [5, 5.41) is 0. The smallest absolute Gasteiger partial charge is 0.342 e. The number of carbonyl (C=O) groups excluding carboxylic acids is 1. The fraction of sp³-hybridized carbons (Fsp3) is 0.438. The molecule has 0 aliphatic carbocycles. The quantitative estimate of drug-likeness (QED) is 0.609. The molecule has 0 aliphatic rings. The molecule has 0 spiro atoms. The maximum atomic E-state index is 13.5. The van der Waals surface area contributed by atoms with E-state index in [9.17, 15) is 9.18 Å². The second-order valence-electron chi connectivity index (χ2n) is 4.68. The number of benzene rings is 1. The molecule has 0 heterocycles. The van der Waals surface area contributed by atoms with E-state index in [1.807, 2.05) is 20.8 Å². The molecular weight excluding hydrogens is 243 g/mol. The van der Waals surface area contributed by atoms with Gasteiger partial charge in [0.2, 0.25) is 0 Å². The van der Waals surface area contributed by atoms with Crippen molar-refractivity contribution < 1.29 is 13.9 Å².